The number of anilines is 1. The first-order chi connectivity index (χ1) is 12.0. The Hall–Kier alpha value is -2.99. The van der Waals surface area contributed by atoms with Gasteiger partial charge in [0.15, 0.2) is 0 Å². The van der Waals surface area contributed by atoms with Gasteiger partial charge in [-0.1, -0.05) is 18.2 Å². The number of pyridine rings is 1. The normalized spacial score (nSPS) is 10.9. The van der Waals surface area contributed by atoms with E-state index in [9.17, 15) is 4.79 Å². The molecule has 128 valence electrons. The Bertz CT molecular complexity index is 854. The van der Waals surface area contributed by atoms with Crippen molar-refractivity contribution in [1.29, 1.82) is 0 Å². The molecule has 3 aromatic rings. The lowest BCUT2D eigenvalue weighted by molar-refractivity contribution is 0.102. The summed E-state index contributed by atoms with van der Waals surface area (Å²) in [7, 11) is 4.06. The lowest BCUT2D eigenvalue weighted by Gasteiger charge is -2.13. The average molecular weight is 335 g/mol. The number of amides is 1. The molecule has 0 fully saturated rings. The van der Waals surface area contributed by atoms with Gasteiger partial charge in [-0.25, -0.2) is 0 Å². The van der Waals surface area contributed by atoms with Crippen LogP contribution in [-0.2, 0) is 6.54 Å². The number of hydrogen-bond acceptors (Lipinski definition) is 4. The van der Waals surface area contributed by atoms with E-state index in [-0.39, 0.29) is 5.91 Å². The molecule has 0 bridgehead atoms. The third-order valence-electron chi connectivity index (χ3n) is 3.87. The fourth-order valence-corrected chi connectivity index (χ4v) is 2.62. The van der Waals surface area contributed by atoms with Crippen molar-refractivity contribution >= 4 is 11.6 Å². The summed E-state index contributed by atoms with van der Waals surface area (Å²) < 4.78 is 0. The minimum atomic E-state index is -0.220. The molecule has 1 aromatic carbocycles. The van der Waals surface area contributed by atoms with Crippen LogP contribution in [0.25, 0.3) is 11.1 Å². The molecule has 6 nitrogen and oxygen atoms in total. The SMILES string of the molecule is Cc1cc(CN(C)C)ccc1NC(=O)c1ccc(-c2cn[nH]c2)cn1. The van der Waals surface area contributed by atoms with Crippen LogP contribution in [0.4, 0.5) is 5.69 Å². The van der Waals surface area contributed by atoms with Gasteiger partial charge < -0.3 is 10.2 Å². The zero-order chi connectivity index (χ0) is 17.8. The maximum Gasteiger partial charge on any atom is 0.274 e. The lowest BCUT2D eigenvalue weighted by atomic mass is 10.1. The highest BCUT2D eigenvalue weighted by atomic mass is 16.1. The summed E-state index contributed by atoms with van der Waals surface area (Å²) in [4.78, 5) is 18.8. The van der Waals surface area contributed by atoms with E-state index in [0.717, 1.165) is 28.9 Å². The lowest BCUT2D eigenvalue weighted by Crippen LogP contribution is -2.15. The van der Waals surface area contributed by atoms with Gasteiger partial charge in [-0.3, -0.25) is 14.9 Å². The van der Waals surface area contributed by atoms with E-state index >= 15 is 0 Å². The molecule has 0 saturated heterocycles. The number of aryl methyl sites for hydroxylation is 1. The van der Waals surface area contributed by atoms with Crippen LogP contribution in [0.3, 0.4) is 0 Å². The highest BCUT2D eigenvalue weighted by Crippen LogP contribution is 2.19. The van der Waals surface area contributed by atoms with Crippen molar-refractivity contribution in [3.63, 3.8) is 0 Å². The second-order valence-electron chi connectivity index (χ2n) is 6.26. The Labute approximate surface area is 146 Å². The highest BCUT2D eigenvalue weighted by molar-refractivity contribution is 6.03. The predicted molar refractivity (Wildman–Crippen MR) is 98.3 cm³/mol. The fraction of sp³-hybridized carbons (Fsp3) is 0.211. The summed E-state index contributed by atoms with van der Waals surface area (Å²) in [6.45, 7) is 2.86. The zero-order valence-electron chi connectivity index (χ0n) is 14.6. The number of H-pyrrole nitrogens is 1. The molecular weight excluding hydrogens is 314 g/mol. The van der Waals surface area contributed by atoms with Crippen molar-refractivity contribution in [2.45, 2.75) is 13.5 Å². The van der Waals surface area contributed by atoms with Crippen LogP contribution in [0.2, 0.25) is 0 Å². The van der Waals surface area contributed by atoms with Crippen molar-refractivity contribution in [3.8, 4) is 11.1 Å². The number of nitrogens with zero attached hydrogens (tertiary/aromatic N) is 3. The van der Waals surface area contributed by atoms with Gasteiger partial charge in [-0.05, 0) is 44.3 Å². The molecule has 25 heavy (non-hydrogen) atoms. The molecule has 0 spiro atoms. The number of nitrogens with one attached hydrogen (secondary N) is 2. The molecule has 2 aromatic heterocycles. The first-order valence-corrected chi connectivity index (χ1v) is 8.04. The van der Waals surface area contributed by atoms with E-state index in [2.05, 4.69) is 31.5 Å². The standard InChI is InChI=1S/C19H21N5O/c1-13-8-14(12-24(2)3)4-6-17(13)23-19(25)18-7-5-15(9-20-18)16-10-21-22-11-16/h4-11H,12H2,1-3H3,(H,21,22)(H,23,25). The van der Waals surface area contributed by atoms with Gasteiger partial charge in [0, 0.05) is 35.8 Å². The molecule has 0 aliphatic heterocycles. The number of benzene rings is 1. The monoisotopic (exact) mass is 335 g/mol. The van der Waals surface area contributed by atoms with Crippen LogP contribution in [0, 0.1) is 6.92 Å². The maximum absolute atomic E-state index is 12.4. The minimum Gasteiger partial charge on any atom is -0.320 e. The molecule has 6 heteroatoms. The zero-order valence-corrected chi connectivity index (χ0v) is 14.6. The van der Waals surface area contributed by atoms with E-state index in [1.807, 2.05) is 39.2 Å². The van der Waals surface area contributed by atoms with E-state index in [4.69, 9.17) is 0 Å². The molecule has 0 saturated carbocycles. The van der Waals surface area contributed by atoms with Gasteiger partial charge in [0.1, 0.15) is 5.69 Å². The van der Waals surface area contributed by atoms with Crippen molar-refractivity contribution in [2.75, 3.05) is 19.4 Å². The molecular formula is C19H21N5O. The Morgan fingerprint density at radius 1 is 1.16 bits per heavy atom. The molecule has 0 aliphatic carbocycles. The van der Waals surface area contributed by atoms with Crippen molar-refractivity contribution in [2.24, 2.45) is 0 Å². The van der Waals surface area contributed by atoms with Gasteiger partial charge in [0.05, 0.1) is 6.20 Å². The molecule has 3 rings (SSSR count). The number of carbonyl (C=O) groups is 1. The van der Waals surface area contributed by atoms with Gasteiger partial charge in [0.25, 0.3) is 5.91 Å². The molecule has 0 aliphatic rings. The van der Waals surface area contributed by atoms with E-state index < -0.39 is 0 Å². The second kappa shape index (κ2) is 7.27. The smallest absolute Gasteiger partial charge is 0.274 e. The topological polar surface area (TPSA) is 73.9 Å². The van der Waals surface area contributed by atoms with Crippen LogP contribution in [0.15, 0.2) is 48.9 Å². The van der Waals surface area contributed by atoms with Crippen molar-refractivity contribution in [3.05, 3.63) is 65.7 Å². The number of hydrogen-bond donors (Lipinski definition) is 2. The summed E-state index contributed by atoms with van der Waals surface area (Å²) in [5.41, 5.74) is 5.27. The third kappa shape index (κ3) is 4.10. The Morgan fingerprint density at radius 2 is 2.00 bits per heavy atom. The number of rotatable bonds is 5. The van der Waals surface area contributed by atoms with Crippen LogP contribution >= 0.6 is 0 Å². The maximum atomic E-state index is 12.4. The van der Waals surface area contributed by atoms with Gasteiger partial charge in [-0.15, -0.1) is 0 Å². The van der Waals surface area contributed by atoms with E-state index in [1.54, 1.807) is 24.7 Å². The molecule has 0 atom stereocenters. The summed E-state index contributed by atoms with van der Waals surface area (Å²) in [6.07, 6.45) is 5.18. The number of carbonyl (C=O) groups excluding carboxylic acids is 1. The Morgan fingerprint density at radius 3 is 2.60 bits per heavy atom. The van der Waals surface area contributed by atoms with Crippen molar-refractivity contribution in [1.82, 2.24) is 20.1 Å². The van der Waals surface area contributed by atoms with E-state index in [0.29, 0.717) is 5.69 Å². The average Bonchev–Trinajstić information content (AvgIpc) is 3.11. The van der Waals surface area contributed by atoms with Crippen molar-refractivity contribution < 1.29 is 4.79 Å². The quantitative estimate of drug-likeness (QED) is 0.751. The van der Waals surface area contributed by atoms with Crippen LogP contribution in [0.5, 0.6) is 0 Å². The predicted octanol–water partition coefficient (Wildman–Crippen LogP) is 3.09. The number of aromatic amines is 1. The van der Waals surface area contributed by atoms with Crippen LogP contribution in [-0.4, -0.2) is 40.1 Å². The Kier molecular flexibility index (Phi) is 4.90. The third-order valence-corrected chi connectivity index (χ3v) is 3.87. The highest BCUT2D eigenvalue weighted by Gasteiger charge is 2.10. The molecule has 1 amide bonds. The molecule has 0 unspecified atom stereocenters. The van der Waals surface area contributed by atoms with Crippen LogP contribution in [0.1, 0.15) is 21.6 Å². The van der Waals surface area contributed by atoms with Gasteiger partial charge in [-0.2, -0.15) is 5.10 Å². The second-order valence-corrected chi connectivity index (χ2v) is 6.26. The largest absolute Gasteiger partial charge is 0.320 e. The summed E-state index contributed by atoms with van der Waals surface area (Å²) in [5, 5.41) is 9.60. The number of aromatic nitrogens is 3. The fourth-order valence-electron chi connectivity index (χ4n) is 2.62. The summed E-state index contributed by atoms with van der Waals surface area (Å²) in [6, 6.07) is 9.63. The molecule has 2 N–H and O–H groups in total. The Balaban J connectivity index is 1.71. The van der Waals surface area contributed by atoms with Gasteiger partial charge >= 0.3 is 0 Å². The van der Waals surface area contributed by atoms with Gasteiger partial charge in [0.2, 0.25) is 0 Å². The van der Waals surface area contributed by atoms with Crippen LogP contribution < -0.4 is 5.32 Å². The molecule has 2 heterocycles. The summed E-state index contributed by atoms with van der Waals surface area (Å²) in [5.74, 6) is -0.220. The minimum absolute atomic E-state index is 0.220. The summed E-state index contributed by atoms with van der Waals surface area (Å²) >= 11 is 0. The van der Waals surface area contributed by atoms with E-state index in [1.165, 1.54) is 5.56 Å². The first-order valence-electron chi connectivity index (χ1n) is 8.04. The molecule has 0 radical (unpaired) electrons. The first kappa shape index (κ1) is 16.9.